The summed E-state index contributed by atoms with van der Waals surface area (Å²) in [5.41, 5.74) is -0.253. The number of unbranched alkanes of at least 4 members (excludes halogenated alkanes) is 3. The van der Waals surface area contributed by atoms with Gasteiger partial charge in [-0.1, -0.05) is 74.4 Å². The van der Waals surface area contributed by atoms with Crippen molar-refractivity contribution < 1.29 is 42.6 Å². The van der Waals surface area contributed by atoms with Crippen LogP contribution in [0.3, 0.4) is 0 Å². The van der Waals surface area contributed by atoms with Gasteiger partial charge in [-0.2, -0.15) is 0 Å². The third-order valence-corrected chi connectivity index (χ3v) is 9.97. The van der Waals surface area contributed by atoms with Gasteiger partial charge in [0, 0.05) is 31.0 Å². The number of benzene rings is 2. The number of carbonyl (C=O) groups excluding carboxylic acids is 6. The molecular weight excluding hydrogens is 723 g/mol. The monoisotopic (exact) mass is 776 g/mol. The van der Waals surface area contributed by atoms with Crippen LogP contribution in [0.15, 0.2) is 60.7 Å². The van der Waals surface area contributed by atoms with Crippen LogP contribution >= 0.6 is 0 Å². The molecule has 2 aliphatic heterocycles. The van der Waals surface area contributed by atoms with Crippen molar-refractivity contribution in [1.29, 1.82) is 0 Å². The fourth-order valence-electron chi connectivity index (χ4n) is 6.93. The zero-order valence-corrected chi connectivity index (χ0v) is 32.5. The minimum absolute atomic E-state index is 0.00912. The second-order valence-corrected chi connectivity index (χ2v) is 15.5. The van der Waals surface area contributed by atoms with E-state index in [1.165, 1.54) is 15.9 Å². The highest BCUT2D eigenvalue weighted by atomic mass is 19.1. The SMILES string of the molecule is CCCCC/C=C\[C@@H]1C[C@]1(NC(=O)[C@@H]1C[C@@H](OC(=O)N2Cc3cccc(F)c3C2)CN1C(=O)CNC(=O)OC(C)(C)C)C(=O)NCC(=O)NCc1ccccc1. The van der Waals surface area contributed by atoms with Crippen LogP contribution in [-0.2, 0) is 48.3 Å². The van der Waals surface area contributed by atoms with Gasteiger partial charge in [-0.3, -0.25) is 24.1 Å². The lowest BCUT2D eigenvalue weighted by atomic mass is 10.1. The summed E-state index contributed by atoms with van der Waals surface area (Å²) in [4.78, 5) is 82.5. The molecule has 0 bridgehead atoms. The molecule has 3 aliphatic rings. The predicted molar refractivity (Wildman–Crippen MR) is 204 cm³/mol. The average Bonchev–Trinajstić information content (AvgIpc) is 3.44. The highest BCUT2D eigenvalue weighted by molar-refractivity contribution is 5.99. The molecule has 0 aromatic heterocycles. The Bertz CT molecular complexity index is 1800. The van der Waals surface area contributed by atoms with Gasteiger partial charge in [-0.25, -0.2) is 14.0 Å². The first-order valence-electron chi connectivity index (χ1n) is 19.2. The lowest BCUT2D eigenvalue weighted by Gasteiger charge is -2.27. The van der Waals surface area contributed by atoms with Crippen LogP contribution in [0.25, 0.3) is 0 Å². The Balaban J connectivity index is 1.28. The van der Waals surface area contributed by atoms with E-state index in [1.54, 1.807) is 32.9 Å². The maximum absolute atomic E-state index is 14.4. The number of nitrogens with zero attached hydrogens (tertiary/aromatic N) is 2. The maximum atomic E-state index is 14.4. The number of amides is 6. The molecule has 4 N–H and O–H groups in total. The molecule has 2 aromatic rings. The minimum Gasteiger partial charge on any atom is -0.444 e. The van der Waals surface area contributed by atoms with Crippen molar-refractivity contribution in [2.24, 2.45) is 5.92 Å². The first-order valence-corrected chi connectivity index (χ1v) is 19.2. The van der Waals surface area contributed by atoms with Crippen LogP contribution in [0.1, 0.15) is 82.9 Å². The lowest BCUT2D eigenvalue weighted by molar-refractivity contribution is -0.139. The summed E-state index contributed by atoms with van der Waals surface area (Å²) in [5, 5.41) is 10.8. The number of ether oxygens (including phenoxy) is 2. The number of allylic oxidation sites excluding steroid dienone is 1. The molecule has 0 radical (unpaired) electrons. The summed E-state index contributed by atoms with van der Waals surface area (Å²) in [7, 11) is 0. The smallest absolute Gasteiger partial charge is 0.410 e. The van der Waals surface area contributed by atoms with E-state index < -0.39 is 71.5 Å². The van der Waals surface area contributed by atoms with Gasteiger partial charge in [-0.15, -0.1) is 0 Å². The normalized spacial score (nSPS) is 21.3. The number of rotatable bonds is 15. The molecule has 56 heavy (non-hydrogen) atoms. The molecule has 1 saturated carbocycles. The second-order valence-electron chi connectivity index (χ2n) is 15.5. The fraction of sp³-hybridized carbons (Fsp3) is 0.512. The number of halogens is 1. The summed E-state index contributed by atoms with van der Waals surface area (Å²) in [6.45, 7) is 6.57. The van der Waals surface area contributed by atoms with Crippen molar-refractivity contribution in [3.63, 3.8) is 0 Å². The molecule has 2 aromatic carbocycles. The highest BCUT2D eigenvalue weighted by Crippen LogP contribution is 2.45. The highest BCUT2D eigenvalue weighted by Gasteiger charge is 2.61. The molecule has 0 unspecified atom stereocenters. The Morgan fingerprint density at radius 3 is 2.43 bits per heavy atom. The minimum atomic E-state index is -1.39. The van der Waals surface area contributed by atoms with Crippen LogP contribution in [-0.4, -0.2) is 88.5 Å². The zero-order valence-electron chi connectivity index (χ0n) is 32.5. The molecule has 1 saturated heterocycles. The molecule has 2 fully saturated rings. The summed E-state index contributed by atoms with van der Waals surface area (Å²) >= 11 is 0. The van der Waals surface area contributed by atoms with Gasteiger partial charge in [0.1, 0.15) is 35.6 Å². The van der Waals surface area contributed by atoms with E-state index in [9.17, 15) is 33.2 Å². The molecule has 4 atom stereocenters. The van der Waals surface area contributed by atoms with Gasteiger partial charge < -0.3 is 35.6 Å². The van der Waals surface area contributed by atoms with Gasteiger partial charge in [0.05, 0.1) is 19.6 Å². The Kier molecular flexibility index (Phi) is 13.7. The van der Waals surface area contributed by atoms with E-state index in [0.717, 1.165) is 31.2 Å². The molecule has 15 heteroatoms. The van der Waals surface area contributed by atoms with Crippen molar-refractivity contribution in [2.75, 3.05) is 19.6 Å². The van der Waals surface area contributed by atoms with E-state index in [4.69, 9.17) is 9.47 Å². The summed E-state index contributed by atoms with van der Waals surface area (Å²) < 4.78 is 25.4. The third-order valence-electron chi connectivity index (χ3n) is 9.97. The van der Waals surface area contributed by atoms with Gasteiger partial charge in [0.2, 0.25) is 23.6 Å². The van der Waals surface area contributed by atoms with Gasteiger partial charge in [-0.05, 0) is 57.2 Å². The summed E-state index contributed by atoms with van der Waals surface area (Å²) in [6, 6.07) is 12.8. The molecule has 0 spiro atoms. The van der Waals surface area contributed by atoms with Crippen LogP contribution in [0.4, 0.5) is 14.0 Å². The molecular formula is C41H53FN6O8. The maximum Gasteiger partial charge on any atom is 0.410 e. The van der Waals surface area contributed by atoms with Crippen molar-refractivity contribution in [3.8, 4) is 0 Å². The fourth-order valence-corrected chi connectivity index (χ4v) is 6.93. The topological polar surface area (TPSA) is 175 Å². The molecule has 302 valence electrons. The van der Waals surface area contributed by atoms with E-state index in [1.807, 2.05) is 42.5 Å². The van der Waals surface area contributed by atoms with E-state index in [-0.39, 0.29) is 51.5 Å². The van der Waals surface area contributed by atoms with Crippen LogP contribution in [0, 0.1) is 11.7 Å². The molecule has 2 heterocycles. The number of nitrogens with one attached hydrogen (secondary N) is 4. The van der Waals surface area contributed by atoms with Crippen LogP contribution in [0.2, 0.25) is 0 Å². The van der Waals surface area contributed by atoms with Crippen molar-refractivity contribution in [3.05, 3.63) is 83.2 Å². The lowest BCUT2D eigenvalue weighted by Crippen LogP contribution is -2.57. The standard InChI is InChI=1S/C41H53FN6O8/c1-5-6-7-8-12-17-29-20-41(29,37(52)44-22-34(49)43-21-27-14-10-9-11-15-27)46-36(51)33-19-30(25-48(33)35(50)23-45-38(53)56-40(2,3)4)55-39(54)47-24-28-16-13-18-32(42)31(28)26-47/h9-18,29-30,33H,5-8,19-26H2,1-4H3,(H,43,49)(H,44,52)(H,45,53)(H,46,51)/b17-12-/t29-,30-,33+,41-/m1/s1. The second kappa shape index (κ2) is 18.4. The molecule has 14 nitrogen and oxygen atoms in total. The number of hydrogen-bond acceptors (Lipinski definition) is 8. The first kappa shape index (κ1) is 41.7. The zero-order chi connectivity index (χ0) is 40.5. The number of likely N-dealkylation sites (tertiary alicyclic amines) is 1. The summed E-state index contributed by atoms with van der Waals surface area (Å²) in [5.74, 6) is -3.04. The largest absolute Gasteiger partial charge is 0.444 e. The summed E-state index contributed by atoms with van der Waals surface area (Å²) in [6.07, 6.45) is 5.45. The van der Waals surface area contributed by atoms with Gasteiger partial charge >= 0.3 is 12.2 Å². The number of carbonyl (C=O) groups is 6. The first-order chi connectivity index (χ1) is 26.7. The Labute approximate surface area is 326 Å². The van der Waals surface area contributed by atoms with Crippen LogP contribution < -0.4 is 21.3 Å². The van der Waals surface area contributed by atoms with E-state index >= 15 is 0 Å². The van der Waals surface area contributed by atoms with Crippen molar-refractivity contribution in [2.45, 2.75) is 109 Å². The molecule has 6 amide bonds. The molecule has 5 rings (SSSR count). The predicted octanol–water partition coefficient (Wildman–Crippen LogP) is 4.22. The van der Waals surface area contributed by atoms with E-state index in [2.05, 4.69) is 28.2 Å². The number of hydrogen-bond donors (Lipinski definition) is 4. The number of fused-ring (bicyclic) bond motifs is 1. The Morgan fingerprint density at radius 2 is 1.71 bits per heavy atom. The number of alkyl carbamates (subject to hydrolysis) is 1. The van der Waals surface area contributed by atoms with Crippen molar-refractivity contribution >= 4 is 35.8 Å². The van der Waals surface area contributed by atoms with Crippen LogP contribution in [0.5, 0.6) is 0 Å². The Hall–Kier alpha value is -5.47. The van der Waals surface area contributed by atoms with Crippen molar-refractivity contribution in [1.82, 2.24) is 31.1 Å². The van der Waals surface area contributed by atoms with Gasteiger partial charge in [0.15, 0.2) is 0 Å². The van der Waals surface area contributed by atoms with Gasteiger partial charge in [0.25, 0.3) is 0 Å². The quantitative estimate of drug-likeness (QED) is 0.154. The molecule has 1 aliphatic carbocycles. The third kappa shape index (κ3) is 11.1. The van der Waals surface area contributed by atoms with E-state index in [0.29, 0.717) is 11.1 Å². The Morgan fingerprint density at radius 1 is 0.946 bits per heavy atom. The average molecular weight is 777 g/mol.